The minimum atomic E-state index is -0.874. The fraction of sp³-hybridized carbons (Fsp3) is 0.333. The van der Waals surface area contributed by atoms with Crippen LogP contribution in [-0.4, -0.2) is 36.3 Å². The largest absolute Gasteiger partial charge is 0.496 e. The molecule has 6 heteroatoms. The zero-order valence-corrected chi connectivity index (χ0v) is 13.3. The van der Waals surface area contributed by atoms with E-state index >= 15 is 0 Å². The molecule has 2 N–H and O–H groups in total. The third-order valence-corrected chi connectivity index (χ3v) is 4.45. The average Bonchev–Trinajstić information content (AvgIpc) is 2.61. The van der Waals surface area contributed by atoms with Crippen LogP contribution in [0.2, 0.25) is 0 Å². The standard InChI is InChI=1S/C18H19FN2O3/c1-24-16-5-3-2-4-13(16)17-15(19)8-11(9-21-17)12-6-7-20-10-14(12)18(22)23/h2-5,8-9,12,14,20H,6-7,10H2,1H3,(H,22,23). The van der Waals surface area contributed by atoms with Crippen molar-refractivity contribution in [3.8, 4) is 17.0 Å². The molecule has 1 saturated heterocycles. The monoisotopic (exact) mass is 330 g/mol. The van der Waals surface area contributed by atoms with Gasteiger partial charge in [0.15, 0.2) is 0 Å². The van der Waals surface area contributed by atoms with Gasteiger partial charge in [0.05, 0.1) is 13.0 Å². The van der Waals surface area contributed by atoms with Crippen LogP contribution in [0, 0.1) is 11.7 Å². The maximum Gasteiger partial charge on any atom is 0.308 e. The second-order valence-corrected chi connectivity index (χ2v) is 5.84. The highest BCUT2D eigenvalue weighted by Gasteiger charge is 2.32. The molecule has 2 unspecified atom stereocenters. The highest BCUT2D eigenvalue weighted by molar-refractivity contribution is 5.72. The SMILES string of the molecule is COc1ccccc1-c1ncc(C2CCNCC2C(=O)O)cc1F. The van der Waals surface area contributed by atoms with E-state index in [-0.39, 0.29) is 11.6 Å². The molecule has 5 nitrogen and oxygen atoms in total. The number of pyridine rings is 1. The Kier molecular flexibility index (Phi) is 4.76. The van der Waals surface area contributed by atoms with Crippen molar-refractivity contribution in [3.63, 3.8) is 0 Å². The Hall–Kier alpha value is -2.47. The number of carboxylic acids is 1. The number of ether oxygens (including phenoxy) is 1. The summed E-state index contributed by atoms with van der Waals surface area (Å²) in [5.74, 6) is -1.61. The normalized spacial score (nSPS) is 20.6. The van der Waals surface area contributed by atoms with E-state index in [0.717, 1.165) is 0 Å². The maximum atomic E-state index is 14.7. The Morgan fingerprint density at radius 3 is 2.92 bits per heavy atom. The van der Waals surface area contributed by atoms with E-state index in [9.17, 15) is 14.3 Å². The molecule has 2 heterocycles. The number of piperidine rings is 1. The molecule has 3 rings (SSSR count). The summed E-state index contributed by atoms with van der Waals surface area (Å²) >= 11 is 0. The van der Waals surface area contributed by atoms with Gasteiger partial charge < -0.3 is 15.2 Å². The Bertz CT molecular complexity index is 751. The van der Waals surface area contributed by atoms with Crippen LogP contribution in [0.5, 0.6) is 5.75 Å². The highest BCUT2D eigenvalue weighted by atomic mass is 19.1. The van der Waals surface area contributed by atoms with Crippen LogP contribution in [0.25, 0.3) is 11.3 Å². The van der Waals surface area contributed by atoms with Gasteiger partial charge in [-0.05, 0) is 36.7 Å². The number of aromatic nitrogens is 1. The van der Waals surface area contributed by atoms with Crippen molar-refractivity contribution >= 4 is 5.97 Å². The minimum Gasteiger partial charge on any atom is -0.496 e. The number of rotatable bonds is 4. The number of para-hydroxylation sites is 1. The molecule has 0 saturated carbocycles. The molecular formula is C18H19FN2O3. The molecule has 1 aliphatic heterocycles. The first-order valence-electron chi connectivity index (χ1n) is 7.84. The number of methoxy groups -OCH3 is 1. The molecular weight excluding hydrogens is 311 g/mol. The van der Waals surface area contributed by atoms with Gasteiger partial charge in [-0.15, -0.1) is 0 Å². The van der Waals surface area contributed by atoms with Gasteiger partial charge in [0.25, 0.3) is 0 Å². The molecule has 1 fully saturated rings. The van der Waals surface area contributed by atoms with Crippen molar-refractivity contribution in [2.24, 2.45) is 5.92 Å². The molecule has 0 bridgehead atoms. The number of nitrogens with one attached hydrogen (secondary N) is 1. The molecule has 0 amide bonds. The fourth-order valence-corrected chi connectivity index (χ4v) is 3.21. The Labute approximate surface area is 139 Å². The molecule has 0 aliphatic carbocycles. The average molecular weight is 330 g/mol. The van der Waals surface area contributed by atoms with Gasteiger partial charge >= 0.3 is 5.97 Å². The van der Waals surface area contributed by atoms with Gasteiger partial charge in [0, 0.05) is 24.2 Å². The lowest BCUT2D eigenvalue weighted by Gasteiger charge is -2.29. The fourth-order valence-electron chi connectivity index (χ4n) is 3.21. The van der Waals surface area contributed by atoms with Crippen molar-refractivity contribution in [1.29, 1.82) is 0 Å². The van der Waals surface area contributed by atoms with Gasteiger partial charge in [-0.25, -0.2) is 4.39 Å². The predicted molar refractivity (Wildman–Crippen MR) is 87.5 cm³/mol. The first kappa shape index (κ1) is 16.4. The zero-order chi connectivity index (χ0) is 17.1. The Morgan fingerprint density at radius 2 is 2.21 bits per heavy atom. The Balaban J connectivity index is 1.96. The zero-order valence-electron chi connectivity index (χ0n) is 13.3. The number of carbonyl (C=O) groups is 1. The number of carboxylic acid groups (broad SMARTS) is 1. The summed E-state index contributed by atoms with van der Waals surface area (Å²) in [5.41, 5.74) is 1.40. The molecule has 1 aromatic heterocycles. The lowest BCUT2D eigenvalue weighted by atomic mass is 9.81. The van der Waals surface area contributed by atoms with E-state index in [1.54, 1.807) is 30.5 Å². The van der Waals surface area contributed by atoms with Gasteiger partial charge in [-0.2, -0.15) is 0 Å². The van der Waals surface area contributed by atoms with Crippen LogP contribution in [0.15, 0.2) is 36.5 Å². The maximum absolute atomic E-state index is 14.7. The van der Waals surface area contributed by atoms with Crippen molar-refractivity contribution in [2.75, 3.05) is 20.2 Å². The summed E-state index contributed by atoms with van der Waals surface area (Å²) in [6, 6.07) is 8.49. The number of aliphatic carboxylic acids is 1. The van der Waals surface area contributed by atoms with Crippen molar-refractivity contribution < 1.29 is 19.0 Å². The number of hydrogen-bond donors (Lipinski definition) is 2. The van der Waals surface area contributed by atoms with E-state index < -0.39 is 17.7 Å². The molecule has 24 heavy (non-hydrogen) atoms. The van der Waals surface area contributed by atoms with Crippen LogP contribution in [-0.2, 0) is 4.79 Å². The topological polar surface area (TPSA) is 71.5 Å². The predicted octanol–water partition coefficient (Wildman–Crippen LogP) is 2.67. The molecule has 0 spiro atoms. The van der Waals surface area contributed by atoms with Gasteiger partial charge in [0.1, 0.15) is 17.3 Å². The second kappa shape index (κ2) is 6.97. The van der Waals surface area contributed by atoms with Gasteiger partial charge in [0.2, 0.25) is 0 Å². The van der Waals surface area contributed by atoms with Crippen molar-refractivity contribution in [3.05, 3.63) is 47.9 Å². The summed E-state index contributed by atoms with van der Waals surface area (Å²) in [7, 11) is 1.53. The third-order valence-electron chi connectivity index (χ3n) is 4.45. The first-order chi connectivity index (χ1) is 11.6. The summed E-state index contributed by atoms with van der Waals surface area (Å²) in [5, 5.41) is 12.4. The second-order valence-electron chi connectivity index (χ2n) is 5.84. The van der Waals surface area contributed by atoms with Crippen LogP contribution < -0.4 is 10.1 Å². The van der Waals surface area contributed by atoms with E-state index in [2.05, 4.69) is 10.3 Å². The summed E-state index contributed by atoms with van der Waals surface area (Å²) in [4.78, 5) is 15.7. The quantitative estimate of drug-likeness (QED) is 0.902. The lowest BCUT2D eigenvalue weighted by molar-refractivity contribution is -0.142. The van der Waals surface area contributed by atoms with Crippen molar-refractivity contribution in [2.45, 2.75) is 12.3 Å². The summed E-state index contributed by atoms with van der Waals surface area (Å²) in [6.45, 7) is 1.10. The molecule has 1 aliphatic rings. The summed E-state index contributed by atoms with van der Waals surface area (Å²) in [6.07, 6.45) is 2.23. The molecule has 126 valence electrons. The lowest BCUT2D eigenvalue weighted by Crippen LogP contribution is -2.39. The van der Waals surface area contributed by atoms with Crippen LogP contribution >= 0.6 is 0 Å². The van der Waals surface area contributed by atoms with E-state index in [0.29, 0.717) is 36.4 Å². The van der Waals surface area contributed by atoms with Crippen LogP contribution in [0.4, 0.5) is 4.39 Å². The smallest absolute Gasteiger partial charge is 0.308 e. The molecule has 2 atom stereocenters. The van der Waals surface area contributed by atoms with Crippen molar-refractivity contribution in [1.82, 2.24) is 10.3 Å². The molecule has 0 radical (unpaired) electrons. The van der Waals surface area contributed by atoms with E-state index in [1.807, 2.05) is 0 Å². The number of benzene rings is 1. The Morgan fingerprint density at radius 1 is 1.42 bits per heavy atom. The first-order valence-corrected chi connectivity index (χ1v) is 7.84. The van der Waals surface area contributed by atoms with E-state index in [1.165, 1.54) is 13.2 Å². The van der Waals surface area contributed by atoms with Gasteiger partial charge in [-0.1, -0.05) is 12.1 Å². The highest BCUT2D eigenvalue weighted by Crippen LogP contribution is 2.34. The number of nitrogens with zero attached hydrogens (tertiary/aromatic N) is 1. The molecule has 2 aromatic rings. The minimum absolute atomic E-state index is 0.206. The van der Waals surface area contributed by atoms with Crippen LogP contribution in [0.1, 0.15) is 17.9 Å². The third kappa shape index (κ3) is 3.10. The number of hydrogen-bond acceptors (Lipinski definition) is 4. The van der Waals surface area contributed by atoms with Crippen LogP contribution in [0.3, 0.4) is 0 Å². The van der Waals surface area contributed by atoms with E-state index in [4.69, 9.17) is 4.74 Å². The number of halogens is 1. The van der Waals surface area contributed by atoms with Gasteiger partial charge in [-0.3, -0.25) is 9.78 Å². The molecule has 1 aromatic carbocycles. The summed E-state index contributed by atoms with van der Waals surface area (Å²) < 4.78 is 19.9.